The number of nitrogen functional groups attached to an aromatic ring is 1. The summed E-state index contributed by atoms with van der Waals surface area (Å²) < 4.78 is 11.5. The summed E-state index contributed by atoms with van der Waals surface area (Å²) in [7, 11) is 0. The lowest BCUT2D eigenvalue weighted by Crippen LogP contribution is -2.24. The number of para-hydroxylation sites is 1. The third-order valence-electron chi connectivity index (χ3n) is 4.02. The van der Waals surface area contributed by atoms with Crippen molar-refractivity contribution >= 4 is 11.6 Å². The molecular formula is C19H22N2O3. The number of benzene rings is 2. The summed E-state index contributed by atoms with van der Waals surface area (Å²) in [4.78, 5) is 12.3. The number of carbonyl (C=O) groups is 1. The molecule has 0 spiro atoms. The minimum absolute atomic E-state index is 0.170. The summed E-state index contributed by atoms with van der Waals surface area (Å²) in [6.07, 6.45) is 1.05. The van der Waals surface area contributed by atoms with Crippen LogP contribution in [0.2, 0.25) is 0 Å². The maximum atomic E-state index is 12.3. The van der Waals surface area contributed by atoms with Crippen LogP contribution in [0.4, 0.5) is 5.69 Å². The molecule has 2 aromatic rings. The normalized spacial score (nSPS) is 15.5. The standard InChI is InChI=1S/C19H22N2O3/c1-3-23-17-9-13-8-12(2)24-18(13)10-14(17)11-21-19(22)15-6-4-5-7-16(15)20/h4-7,9-10,12H,3,8,11,20H2,1-2H3,(H,21,22). The second kappa shape index (κ2) is 6.83. The number of nitrogens with two attached hydrogens (primary N) is 1. The van der Waals surface area contributed by atoms with Crippen LogP contribution in [0.3, 0.4) is 0 Å². The highest BCUT2D eigenvalue weighted by molar-refractivity contribution is 5.99. The van der Waals surface area contributed by atoms with Gasteiger partial charge in [-0.25, -0.2) is 0 Å². The molecule has 5 nitrogen and oxygen atoms in total. The van der Waals surface area contributed by atoms with Gasteiger partial charge in [0.05, 0.1) is 12.2 Å². The first-order chi connectivity index (χ1) is 11.6. The van der Waals surface area contributed by atoms with Gasteiger partial charge in [-0.05, 0) is 38.1 Å². The topological polar surface area (TPSA) is 73.6 Å². The van der Waals surface area contributed by atoms with Gasteiger partial charge in [0.2, 0.25) is 0 Å². The van der Waals surface area contributed by atoms with Gasteiger partial charge in [-0.2, -0.15) is 0 Å². The number of anilines is 1. The van der Waals surface area contributed by atoms with Gasteiger partial charge in [0, 0.05) is 29.8 Å². The predicted molar refractivity (Wildman–Crippen MR) is 93.4 cm³/mol. The van der Waals surface area contributed by atoms with Crippen molar-refractivity contribution < 1.29 is 14.3 Å². The van der Waals surface area contributed by atoms with Crippen LogP contribution in [0.1, 0.15) is 35.3 Å². The highest BCUT2D eigenvalue weighted by atomic mass is 16.5. The lowest BCUT2D eigenvalue weighted by molar-refractivity contribution is 0.0951. The monoisotopic (exact) mass is 326 g/mol. The van der Waals surface area contributed by atoms with E-state index in [-0.39, 0.29) is 12.0 Å². The van der Waals surface area contributed by atoms with Crippen molar-refractivity contribution in [3.8, 4) is 11.5 Å². The number of ether oxygens (including phenoxy) is 2. The van der Waals surface area contributed by atoms with Crippen LogP contribution in [0.5, 0.6) is 11.5 Å². The number of rotatable bonds is 5. The van der Waals surface area contributed by atoms with Crippen LogP contribution in [-0.4, -0.2) is 18.6 Å². The van der Waals surface area contributed by atoms with Crippen molar-refractivity contribution in [2.24, 2.45) is 0 Å². The lowest BCUT2D eigenvalue weighted by Gasteiger charge is -2.14. The largest absolute Gasteiger partial charge is 0.494 e. The van der Waals surface area contributed by atoms with Crippen molar-refractivity contribution in [3.05, 3.63) is 53.1 Å². The lowest BCUT2D eigenvalue weighted by atomic mass is 10.1. The van der Waals surface area contributed by atoms with Crippen LogP contribution >= 0.6 is 0 Å². The third-order valence-corrected chi connectivity index (χ3v) is 4.02. The van der Waals surface area contributed by atoms with E-state index in [9.17, 15) is 4.79 Å². The number of amides is 1. The highest BCUT2D eigenvalue weighted by Gasteiger charge is 2.22. The molecule has 126 valence electrons. The first-order valence-corrected chi connectivity index (χ1v) is 8.16. The maximum Gasteiger partial charge on any atom is 0.253 e. The fourth-order valence-corrected chi connectivity index (χ4v) is 2.88. The van der Waals surface area contributed by atoms with Crippen molar-refractivity contribution in [2.75, 3.05) is 12.3 Å². The first-order valence-electron chi connectivity index (χ1n) is 8.16. The molecular weight excluding hydrogens is 304 g/mol. The molecule has 1 amide bonds. The second-order valence-corrected chi connectivity index (χ2v) is 5.90. The van der Waals surface area contributed by atoms with Crippen LogP contribution in [0, 0.1) is 0 Å². The van der Waals surface area contributed by atoms with E-state index in [1.807, 2.05) is 26.0 Å². The van der Waals surface area contributed by atoms with Crippen LogP contribution < -0.4 is 20.5 Å². The third kappa shape index (κ3) is 3.30. The smallest absolute Gasteiger partial charge is 0.253 e. The van der Waals surface area contributed by atoms with Gasteiger partial charge in [0.25, 0.3) is 5.91 Å². The average Bonchev–Trinajstić information content (AvgIpc) is 2.92. The quantitative estimate of drug-likeness (QED) is 0.829. The van der Waals surface area contributed by atoms with Gasteiger partial charge in [-0.3, -0.25) is 4.79 Å². The number of hydrogen-bond donors (Lipinski definition) is 2. The molecule has 3 rings (SSSR count). The molecule has 0 radical (unpaired) electrons. The Kier molecular flexibility index (Phi) is 4.60. The average molecular weight is 326 g/mol. The van der Waals surface area contributed by atoms with Gasteiger partial charge in [-0.15, -0.1) is 0 Å². The molecule has 0 saturated heterocycles. The molecule has 1 unspecified atom stereocenters. The van der Waals surface area contributed by atoms with E-state index >= 15 is 0 Å². The molecule has 0 fully saturated rings. The summed E-state index contributed by atoms with van der Waals surface area (Å²) in [6, 6.07) is 11.0. The van der Waals surface area contributed by atoms with E-state index in [2.05, 4.69) is 5.32 Å². The molecule has 24 heavy (non-hydrogen) atoms. The number of carbonyl (C=O) groups excluding carboxylic acids is 1. The Labute approximate surface area is 141 Å². The predicted octanol–water partition coefficient (Wildman–Crippen LogP) is 2.92. The zero-order valence-electron chi connectivity index (χ0n) is 14.0. The molecule has 2 aromatic carbocycles. The summed E-state index contributed by atoms with van der Waals surface area (Å²) in [5.41, 5.74) is 8.83. The van der Waals surface area contributed by atoms with E-state index in [0.717, 1.165) is 29.0 Å². The van der Waals surface area contributed by atoms with Crippen molar-refractivity contribution in [2.45, 2.75) is 32.9 Å². The summed E-state index contributed by atoms with van der Waals surface area (Å²) in [5.74, 6) is 1.45. The minimum atomic E-state index is -0.203. The second-order valence-electron chi connectivity index (χ2n) is 5.90. The Hall–Kier alpha value is -2.69. The van der Waals surface area contributed by atoms with Gasteiger partial charge in [0.1, 0.15) is 17.6 Å². The van der Waals surface area contributed by atoms with Gasteiger partial charge >= 0.3 is 0 Å². The Balaban J connectivity index is 1.78. The number of hydrogen-bond acceptors (Lipinski definition) is 4. The Morgan fingerprint density at radius 3 is 2.92 bits per heavy atom. The molecule has 1 aliphatic heterocycles. The molecule has 3 N–H and O–H groups in total. The van der Waals surface area contributed by atoms with Gasteiger partial charge in [-0.1, -0.05) is 12.1 Å². The molecule has 5 heteroatoms. The van der Waals surface area contributed by atoms with Gasteiger partial charge in [0.15, 0.2) is 0 Å². The molecule has 1 atom stereocenters. The molecule has 0 aromatic heterocycles. The molecule has 0 bridgehead atoms. The first kappa shape index (κ1) is 16.2. The fourth-order valence-electron chi connectivity index (χ4n) is 2.88. The molecule has 1 aliphatic rings. The van der Waals surface area contributed by atoms with Crippen LogP contribution in [-0.2, 0) is 13.0 Å². The van der Waals surface area contributed by atoms with Crippen LogP contribution in [0.15, 0.2) is 36.4 Å². The Morgan fingerprint density at radius 2 is 2.17 bits per heavy atom. The summed E-state index contributed by atoms with van der Waals surface area (Å²) in [5, 5.41) is 2.90. The van der Waals surface area contributed by atoms with Crippen molar-refractivity contribution in [3.63, 3.8) is 0 Å². The van der Waals surface area contributed by atoms with Gasteiger partial charge < -0.3 is 20.5 Å². The Bertz CT molecular complexity index is 758. The minimum Gasteiger partial charge on any atom is -0.494 e. The fraction of sp³-hybridized carbons (Fsp3) is 0.316. The number of nitrogens with one attached hydrogen (secondary N) is 1. The van der Waals surface area contributed by atoms with E-state index in [4.69, 9.17) is 15.2 Å². The van der Waals surface area contributed by atoms with Crippen LogP contribution in [0.25, 0.3) is 0 Å². The molecule has 0 saturated carbocycles. The SMILES string of the molecule is CCOc1cc2c(cc1CNC(=O)c1ccccc1N)OC(C)C2. The van der Waals surface area contributed by atoms with E-state index < -0.39 is 0 Å². The summed E-state index contributed by atoms with van der Waals surface area (Å²) in [6.45, 7) is 4.91. The number of fused-ring (bicyclic) bond motifs is 1. The Morgan fingerprint density at radius 1 is 1.38 bits per heavy atom. The van der Waals surface area contributed by atoms with Crippen molar-refractivity contribution in [1.82, 2.24) is 5.32 Å². The highest BCUT2D eigenvalue weighted by Crippen LogP contribution is 2.35. The maximum absolute atomic E-state index is 12.3. The zero-order chi connectivity index (χ0) is 17.1. The summed E-state index contributed by atoms with van der Waals surface area (Å²) >= 11 is 0. The van der Waals surface area contributed by atoms with E-state index in [1.165, 1.54) is 0 Å². The molecule has 1 heterocycles. The van der Waals surface area contributed by atoms with Crippen molar-refractivity contribution in [1.29, 1.82) is 0 Å². The van der Waals surface area contributed by atoms with E-state index in [1.54, 1.807) is 24.3 Å². The van der Waals surface area contributed by atoms with E-state index in [0.29, 0.717) is 24.4 Å². The molecule has 0 aliphatic carbocycles. The zero-order valence-corrected chi connectivity index (χ0v) is 14.0.